The lowest BCUT2D eigenvalue weighted by molar-refractivity contribution is -0.121. The number of carbonyl (C=O) groups excluding carboxylic acids is 1. The molecule has 2 heterocycles. The molecule has 1 fully saturated rings. The van der Waals surface area contributed by atoms with Crippen molar-refractivity contribution in [1.82, 2.24) is 9.88 Å². The molecule has 0 atom stereocenters. The Morgan fingerprint density at radius 3 is 2.80 bits per heavy atom. The van der Waals surface area contributed by atoms with E-state index in [1.165, 1.54) is 0 Å². The van der Waals surface area contributed by atoms with Crippen molar-refractivity contribution in [2.75, 3.05) is 12.3 Å². The van der Waals surface area contributed by atoms with Gasteiger partial charge in [0.25, 0.3) is 16.0 Å². The van der Waals surface area contributed by atoms with Crippen molar-refractivity contribution in [1.29, 1.82) is 0 Å². The molecule has 0 unspecified atom stereocenters. The third kappa shape index (κ3) is 3.85. The molecule has 1 aromatic rings. The number of thiocarbonyl (C=S) groups is 1. The second kappa shape index (κ2) is 6.00. The van der Waals surface area contributed by atoms with Crippen LogP contribution in [0.4, 0.5) is 0 Å². The van der Waals surface area contributed by atoms with Crippen LogP contribution in [0.5, 0.6) is 0 Å². The molecule has 0 aromatic carbocycles. The van der Waals surface area contributed by atoms with Gasteiger partial charge in [0.15, 0.2) is 0 Å². The highest BCUT2D eigenvalue weighted by molar-refractivity contribution is 8.26. The molecule has 0 bridgehead atoms. The van der Waals surface area contributed by atoms with Gasteiger partial charge in [0, 0.05) is 12.7 Å². The Kier molecular flexibility index (Phi) is 4.53. The molecule has 6 nitrogen and oxygen atoms in total. The van der Waals surface area contributed by atoms with Crippen molar-refractivity contribution in [3.8, 4) is 0 Å². The summed E-state index contributed by atoms with van der Waals surface area (Å²) in [5.41, 5.74) is 0.614. The summed E-state index contributed by atoms with van der Waals surface area (Å²) >= 11 is 6.11. The maximum absolute atomic E-state index is 12.1. The zero-order valence-electron chi connectivity index (χ0n) is 10.1. The normalized spacial score (nSPS) is 18.1. The second-order valence-corrected chi connectivity index (χ2v) is 7.12. The number of thioether (sulfide) groups is 1. The molecular formula is C11H10N2O4S3. The Labute approximate surface area is 125 Å². The molecule has 0 spiro atoms. The number of pyridine rings is 1. The van der Waals surface area contributed by atoms with E-state index in [-0.39, 0.29) is 16.8 Å². The van der Waals surface area contributed by atoms with E-state index in [0.29, 0.717) is 10.6 Å². The van der Waals surface area contributed by atoms with Gasteiger partial charge >= 0.3 is 0 Å². The first kappa shape index (κ1) is 15.1. The smallest absolute Gasteiger partial charge is 0.266 e. The lowest BCUT2D eigenvalue weighted by Crippen LogP contribution is -2.32. The monoisotopic (exact) mass is 330 g/mol. The van der Waals surface area contributed by atoms with Crippen molar-refractivity contribution < 1.29 is 17.8 Å². The van der Waals surface area contributed by atoms with Crippen LogP contribution in [0.2, 0.25) is 0 Å². The minimum absolute atomic E-state index is 0.164. The number of nitrogens with zero attached hydrogens (tertiary/aromatic N) is 2. The van der Waals surface area contributed by atoms with E-state index in [0.717, 1.165) is 16.7 Å². The van der Waals surface area contributed by atoms with Crippen molar-refractivity contribution in [3.63, 3.8) is 0 Å². The Hall–Kier alpha value is -1.29. The molecule has 106 valence electrons. The van der Waals surface area contributed by atoms with E-state index in [1.807, 2.05) is 0 Å². The Balaban J connectivity index is 2.15. The van der Waals surface area contributed by atoms with Gasteiger partial charge < -0.3 is 0 Å². The van der Waals surface area contributed by atoms with Crippen LogP contribution < -0.4 is 0 Å². The van der Waals surface area contributed by atoms with Crippen molar-refractivity contribution in [2.24, 2.45) is 0 Å². The van der Waals surface area contributed by atoms with Gasteiger partial charge in [0.05, 0.1) is 16.4 Å². The standard InChI is InChI=1S/C11H10N2O4S3/c14-10-9(7-8-3-1-2-4-12-8)19-11(18)13(10)5-6-20(15,16)17/h1-4,7H,5-6H2,(H,15,16,17)/b9-7-. The van der Waals surface area contributed by atoms with Crippen molar-refractivity contribution in [3.05, 3.63) is 35.0 Å². The minimum atomic E-state index is -4.13. The largest absolute Gasteiger partial charge is 0.292 e. The molecule has 20 heavy (non-hydrogen) atoms. The van der Waals surface area contributed by atoms with Crippen LogP contribution in [0.25, 0.3) is 6.08 Å². The predicted molar refractivity (Wildman–Crippen MR) is 80.5 cm³/mol. The van der Waals surface area contributed by atoms with Gasteiger partial charge in [-0.05, 0) is 18.2 Å². The van der Waals surface area contributed by atoms with Gasteiger partial charge in [-0.2, -0.15) is 8.42 Å². The molecule has 2 rings (SSSR count). The molecule has 0 aliphatic carbocycles. The molecule has 0 saturated carbocycles. The van der Waals surface area contributed by atoms with E-state index in [4.69, 9.17) is 16.8 Å². The summed E-state index contributed by atoms with van der Waals surface area (Å²) in [6.45, 7) is -0.164. The number of hydrogen-bond donors (Lipinski definition) is 1. The van der Waals surface area contributed by atoms with Gasteiger partial charge in [0.1, 0.15) is 4.32 Å². The first-order valence-corrected chi connectivity index (χ1v) is 8.32. The molecular weight excluding hydrogens is 320 g/mol. The lowest BCUT2D eigenvalue weighted by atomic mass is 10.3. The van der Waals surface area contributed by atoms with Crippen LogP contribution in [0.1, 0.15) is 5.69 Å². The fourth-order valence-corrected chi connectivity index (χ4v) is 3.20. The first-order chi connectivity index (χ1) is 9.37. The molecule has 1 N–H and O–H groups in total. The lowest BCUT2D eigenvalue weighted by Gasteiger charge is -2.12. The molecule has 1 aliphatic rings. The van der Waals surface area contributed by atoms with Crippen LogP contribution in [-0.2, 0) is 14.9 Å². The quantitative estimate of drug-likeness (QED) is 0.504. The van der Waals surface area contributed by atoms with Crippen molar-refractivity contribution >= 4 is 50.4 Å². The van der Waals surface area contributed by atoms with Gasteiger partial charge in [-0.1, -0.05) is 30.0 Å². The third-order valence-electron chi connectivity index (χ3n) is 2.41. The van der Waals surface area contributed by atoms with E-state index >= 15 is 0 Å². The first-order valence-electron chi connectivity index (χ1n) is 5.48. The van der Waals surface area contributed by atoms with Crippen LogP contribution in [0, 0.1) is 0 Å². The number of aromatic nitrogens is 1. The molecule has 1 saturated heterocycles. The van der Waals surface area contributed by atoms with Gasteiger partial charge in [0.2, 0.25) is 0 Å². The second-order valence-electron chi connectivity index (χ2n) is 3.87. The fraction of sp³-hybridized carbons (Fsp3) is 0.182. The average molecular weight is 330 g/mol. The van der Waals surface area contributed by atoms with E-state index in [9.17, 15) is 13.2 Å². The van der Waals surface area contributed by atoms with Gasteiger partial charge in [-0.15, -0.1) is 0 Å². The number of carbonyl (C=O) groups is 1. The van der Waals surface area contributed by atoms with Crippen LogP contribution in [0.3, 0.4) is 0 Å². The molecule has 1 amide bonds. The summed E-state index contributed by atoms with van der Waals surface area (Å²) in [7, 11) is -4.13. The topological polar surface area (TPSA) is 87.6 Å². The molecule has 9 heteroatoms. The summed E-state index contributed by atoms with van der Waals surface area (Å²) in [5, 5.41) is 0. The summed E-state index contributed by atoms with van der Waals surface area (Å²) in [6.07, 6.45) is 3.19. The predicted octanol–water partition coefficient (Wildman–Crippen LogP) is 1.17. The van der Waals surface area contributed by atoms with Crippen LogP contribution in [-0.4, -0.2) is 45.4 Å². The minimum Gasteiger partial charge on any atom is -0.292 e. The maximum Gasteiger partial charge on any atom is 0.266 e. The average Bonchev–Trinajstić information content (AvgIpc) is 2.63. The zero-order valence-corrected chi connectivity index (χ0v) is 12.5. The summed E-state index contributed by atoms with van der Waals surface area (Å²) in [4.78, 5) is 17.7. The number of amides is 1. The van der Waals surface area contributed by atoms with Crippen LogP contribution >= 0.6 is 24.0 Å². The SMILES string of the molecule is O=C1/C(=C/c2ccccn2)SC(=S)N1CCS(=O)(=O)O. The van der Waals surface area contributed by atoms with Gasteiger partial charge in [-0.3, -0.25) is 19.2 Å². The highest BCUT2D eigenvalue weighted by Gasteiger charge is 2.32. The summed E-state index contributed by atoms with van der Waals surface area (Å²) < 4.78 is 30.4. The van der Waals surface area contributed by atoms with E-state index in [2.05, 4.69) is 4.98 Å². The molecule has 1 aromatic heterocycles. The Morgan fingerprint density at radius 2 is 2.20 bits per heavy atom. The molecule has 1 aliphatic heterocycles. The summed E-state index contributed by atoms with van der Waals surface area (Å²) in [5.74, 6) is -0.926. The van der Waals surface area contributed by atoms with E-state index in [1.54, 1.807) is 30.5 Å². The summed E-state index contributed by atoms with van der Waals surface area (Å²) in [6, 6.07) is 5.29. The Morgan fingerprint density at radius 1 is 1.45 bits per heavy atom. The van der Waals surface area contributed by atoms with Crippen LogP contribution in [0.15, 0.2) is 29.3 Å². The Bertz CT molecular complexity index is 670. The number of hydrogen-bond acceptors (Lipinski definition) is 6. The van der Waals surface area contributed by atoms with Gasteiger partial charge in [-0.25, -0.2) is 0 Å². The third-order valence-corrected chi connectivity index (χ3v) is 4.49. The highest BCUT2D eigenvalue weighted by Crippen LogP contribution is 2.31. The highest BCUT2D eigenvalue weighted by atomic mass is 32.2. The van der Waals surface area contributed by atoms with Crippen molar-refractivity contribution in [2.45, 2.75) is 0 Å². The van der Waals surface area contributed by atoms with E-state index < -0.39 is 15.9 Å². The maximum atomic E-state index is 12.1. The zero-order chi connectivity index (χ0) is 14.8. The number of rotatable bonds is 4. The molecule has 0 radical (unpaired) electrons. The fourth-order valence-electron chi connectivity index (χ4n) is 1.50.